The number of anilines is 1. The highest BCUT2D eigenvalue weighted by molar-refractivity contribution is 5.58. The number of hydrogen-bond acceptors (Lipinski definition) is 5. The summed E-state index contributed by atoms with van der Waals surface area (Å²) < 4.78 is 0. The van der Waals surface area contributed by atoms with Crippen molar-refractivity contribution in [2.24, 2.45) is 0 Å². The minimum atomic E-state index is -0.0645. The van der Waals surface area contributed by atoms with E-state index in [4.69, 9.17) is 10.8 Å². The lowest BCUT2D eigenvalue weighted by Crippen LogP contribution is -1.92. The second kappa shape index (κ2) is 3.29. The SMILES string of the molecule is Nc1cc(-c2nccc(O)n2)ccn1. The third kappa shape index (κ3) is 1.61. The maximum Gasteiger partial charge on any atom is 0.214 e. The van der Waals surface area contributed by atoms with Crippen molar-refractivity contribution in [1.29, 1.82) is 0 Å². The van der Waals surface area contributed by atoms with Gasteiger partial charge >= 0.3 is 0 Å². The standard InChI is InChI=1S/C9H8N4O/c10-7-5-6(1-3-11-7)9-12-4-2-8(14)13-9/h1-5H,(H2,10,11)(H,12,13,14). The highest BCUT2D eigenvalue weighted by atomic mass is 16.3. The van der Waals surface area contributed by atoms with Crippen LogP contribution in [0.1, 0.15) is 0 Å². The predicted molar refractivity (Wildman–Crippen MR) is 51.3 cm³/mol. The Morgan fingerprint density at radius 2 is 1.93 bits per heavy atom. The topological polar surface area (TPSA) is 84.9 Å². The summed E-state index contributed by atoms with van der Waals surface area (Å²) in [6, 6.07) is 4.79. The van der Waals surface area contributed by atoms with Crippen LogP contribution in [0.25, 0.3) is 11.4 Å². The third-order valence-electron chi connectivity index (χ3n) is 1.68. The van der Waals surface area contributed by atoms with Gasteiger partial charge in [-0.3, -0.25) is 0 Å². The smallest absolute Gasteiger partial charge is 0.214 e. The number of hydrogen-bond donors (Lipinski definition) is 2. The van der Waals surface area contributed by atoms with Crippen molar-refractivity contribution in [3.05, 3.63) is 30.6 Å². The summed E-state index contributed by atoms with van der Waals surface area (Å²) in [6.07, 6.45) is 3.05. The zero-order valence-corrected chi connectivity index (χ0v) is 7.25. The molecule has 5 nitrogen and oxygen atoms in total. The Balaban J connectivity index is 2.49. The van der Waals surface area contributed by atoms with E-state index in [0.717, 1.165) is 5.56 Å². The maximum atomic E-state index is 9.15. The van der Waals surface area contributed by atoms with Gasteiger partial charge in [0.25, 0.3) is 0 Å². The second-order valence-electron chi connectivity index (χ2n) is 2.71. The van der Waals surface area contributed by atoms with Crippen LogP contribution < -0.4 is 5.73 Å². The number of pyridine rings is 1. The average Bonchev–Trinajstić information content (AvgIpc) is 2.18. The first kappa shape index (κ1) is 8.43. The van der Waals surface area contributed by atoms with Gasteiger partial charge in [0.1, 0.15) is 5.82 Å². The highest BCUT2D eigenvalue weighted by Gasteiger charge is 2.02. The van der Waals surface area contributed by atoms with E-state index in [1.54, 1.807) is 18.3 Å². The molecule has 0 unspecified atom stereocenters. The van der Waals surface area contributed by atoms with Crippen molar-refractivity contribution in [2.45, 2.75) is 0 Å². The van der Waals surface area contributed by atoms with Crippen LogP contribution in [0.4, 0.5) is 5.82 Å². The largest absolute Gasteiger partial charge is 0.493 e. The van der Waals surface area contributed by atoms with Crippen molar-refractivity contribution in [2.75, 3.05) is 5.73 Å². The Kier molecular flexibility index (Phi) is 1.98. The van der Waals surface area contributed by atoms with Gasteiger partial charge in [-0.25, -0.2) is 9.97 Å². The normalized spacial score (nSPS) is 10.0. The van der Waals surface area contributed by atoms with Gasteiger partial charge in [-0.05, 0) is 12.1 Å². The molecule has 5 heteroatoms. The molecule has 2 aromatic heterocycles. The van der Waals surface area contributed by atoms with E-state index < -0.39 is 0 Å². The van der Waals surface area contributed by atoms with E-state index in [0.29, 0.717) is 11.6 Å². The molecule has 0 spiro atoms. The molecule has 0 aliphatic rings. The Morgan fingerprint density at radius 1 is 1.14 bits per heavy atom. The van der Waals surface area contributed by atoms with Crippen molar-refractivity contribution >= 4 is 5.82 Å². The fourth-order valence-corrected chi connectivity index (χ4v) is 1.08. The van der Waals surface area contributed by atoms with Crippen LogP contribution in [-0.2, 0) is 0 Å². The van der Waals surface area contributed by atoms with Crippen molar-refractivity contribution < 1.29 is 5.11 Å². The summed E-state index contributed by atoms with van der Waals surface area (Å²) in [5, 5.41) is 9.15. The molecule has 0 saturated heterocycles. The van der Waals surface area contributed by atoms with Crippen LogP contribution in [0, 0.1) is 0 Å². The van der Waals surface area contributed by atoms with Gasteiger partial charge in [0.05, 0.1) is 0 Å². The molecule has 3 N–H and O–H groups in total. The van der Waals surface area contributed by atoms with Crippen molar-refractivity contribution in [3.8, 4) is 17.3 Å². The van der Waals surface area contributed by atoms with Crippen molar-refractivity contribution in [1.82, 2.24) is 15.0 Å². The lowest BCUT2D eigenvalue weighted by molar-refractivity contribution is 0.453. The fraction of sp³-hybridized carbons (Fsp3) is 0. The summed E-state index contributed by atoms with van der Waals surface area (Å²) >= 11 is 0. The number of aromatic nitrogens is 3. The van der Waals surface area contributed by atoms with E-state index in [2.05, 4.69) is 15.0 Å². The number of nitrogens with zero attached hydrogens (tertiary/aromatic N) is 3. The van der Waals surface area contributed by atoms with Crippen LogP contribution in [0.15, 0.2) is 30.6 Å². The minimum absolute atomic E-state index is 0.0645. The number of nitrogen functional groups attached to an aromatic ring is 1. The zero-order chi connectivity index (χ0) is 9.97. The van der Waals surface area contributed by atoms with Gasteiger partial charge in [-0.1, -0.05) is 0 Å². The molecule has 0 saturated carbocycles. The summed E-state index contributed by atoms with van der Waals surface area (Å²) in [5.41, 5.74) is 6.23. The first-order chi connectivity index (χ1) is 6.75. The molecule has 0 radical (unpaired) electrons. The molecule has 14 heavy (non-hydrogen) atoms. The van der Waals surface area contributed by atoms with E-state index >= 15 is 0 Å². The number of aromatic hydroxyl groups is 1. The van der Waals surface area contributed by atoms with Gasteiger partial charge < -0.3 is 10.8 Å². The van der Waals surface area contributed by atoms with E-state index in [-0.39, 0.29) is 5.88 Å². The molecule has 0 bridgehead atoms. The molecule has 0 aliphatic carbocycles. The predicted octanol–water partition coefficient (Wildman–Crippen LogP) is 0.826. The number of rotatable bonds is 1. The van der Waals surface area contributed by atoms with Crippen LogP contribution in [0.5, 0.6) is 5.88 Å². The Labute approximate surface area is 80.3 Å². The van der Waals surface area contributed by atoms with Gasteiger partial charge in [-0.2, -0.15) is 4.98 Å². The summed E-state index contributed by atoms with van der Waals surface area (Å²) in [6.45, 7) is 0. The van der Waals surface area contributed by atoms with Crippen LogP contribution in [-0.4, -0.2) is 20.1 Å². The zero-order valence-electron chi connectivity index (χ0n) is 7.25. The molecule has 0 aromatic carbocycles. The quantitative estimate of drug-likeness (QED) is 0.692. The maximum absolute atomic E-state index is 9.15. The molecule has 0 atom stereocenters. The van der Waals surface area contributed by atoms with Gasteiger partial charge in [-0.15, -0.1) is 0 Å². The second-order valence-corrected chi connectivity index (χ2v) is 2.71. The Morgan fingerprint density at radius 3 is 2.64 bits per heavy atom. The molecule has 2 aromatic rings. The first-order valence-electron chi connectivity index (χ1n) is 3.99. The average molecular weight is 188 g/mol. The third-order valence-corrected chi connectivity index (χ3v) is 1.68. The molecule has 2 heterocycles. The lowest BCUT2D eigenvalue weighted by Gasteiger charge is -2.00. The molecule has 0 fully saturated rings. The number of nitrogens with two attached hydrogens (primary N) is 1. The van der Waals surface area contributed by atoms with Gasteiger partial charge in [0.2, 0.25) is 5.88 Å². The van der Waals surface area contributed by atoms with Gasteiger partial charge in [0.15, 0.2) is 5.82 Å². The minimum Gasteiger partial charge on any atom is -0.493 e. The van der Waals surface area contributed by atoms with Gasteiger partial charge in [0, 0.05) is 24.0 Å². The molecular formula is C9H8N4O. The molecular weight excluding hydrogens is 180 g/mol. The summed E-state index contributed by atoms with van der Waals surface area (Å²) in [7, 11) is 0. The summed E-state index contributed by atoms with van der Waals surface area (Å²) in [5.74, 6) is 0.763. The van der Waals surface area contributed by atoms with Crippen LogP contribution in [0.3, 0.4) is 0 Å². The highest BCUT2D eigenvalue weighted by Crippen LogP contribution is 2.17. The molecule has 0 aliphatic heterocycles. The van der Waals surface area contributed by atoms with E-state index in [1.807, 2.05) is 0 Å². The molecule has 70 valence electrons. The lowest BCUT2D eigenvalue weighted by atomic mass is 10.2. The Hall–Kier alpha value is -2.17. The monoisotopic (exact) mass is 188 g/mol. The first-order valence-corrected chi connectivity index (χ1v) is 3.99. The van der Waals surface area contributed by atoms with Crippen LogP contribution in [0.2, 0.25) is 0 Å². The van der Waals surface area contributed by atoms with Crippen LogP contribution >= 0.6 is 0 Å². The summed E-state index contributed by atoms with van der Waals surface area (Å²) in [4.78, 5) is 11.7. The molecule has 0 amide bonds. The Bertz CT molecular complexity index is 415. The van der Waals surface area contributed by atoms with E-state index in [1.165, 1.54) is 12.3 Å². The molecule has 2 rings (SSSR count). The fourth-order valence-electron chi connectivity index (χ4n) is 1.08. The van der Waals surface area contributed by atoms with E-state index in [9.17, 15) is 0 Å². The van der Waals surface area contributed by atoms with Crippen molar-refractivity contribution in [3.63, 3.8) is 0 Å².